The van der Waals surface area contributed by atoms with Crippen LogP contribution in [0.2, 0.25) is 0 Å². The minimum Gasteiger partial charge on any atom is -0.481 e. The van der Waals surface area contributed by atoms with Crippen LogP contribution in [-0.2, 0) is 9.59 Å². The van der Waals surface area contributed by atoms with Crippen molar-refractivity contribution in [2.45, 2.75) is 12.0 Å². The number of isocyanates is 1. The fourth-order valence-corrected chi connectivity index (χ4v) is 1.05. The third kappa shape index (κ3) is 1.08. The van der Waals surface area contributed by atoms with Gasteiger partial charge in [-0.15, -0.1) is 6.58 Å². The van der Waals surface area contributed by atoms with E-state index >= 15 is 0 Å². The molecule has 0 aliphatic heterocycles. The zero-order valence-electron chi connectivity index (χ0n) is 5.78. The zero-order valence-corrected chi connectivity index (χ0v) is 5.78. The molecule has 2 unspecified atom stereocenters. The molecule has 0 bridgehead atoms. The largest absolute Gasteiger partial charge is 0.481 e. The Hall–Kier alpha value is -1.41. The predicted molar refractivity (Wildman–Crippen MR) is 36.8 cm³/mol. The SMILES string of the molecule is C=CC1(N=C=O)CC1C(=O)O. The summed E-state index contributed by atoms with van der Waals surface area (Å²) < 4.78 is 0. The minimum atomic E-state index is -0.941. The van der Waals surface area contributed by atoms with Crippen LogP contribution in [-0.4, -0.2) is 22.7 Å². The second-order valence-corrected chi connectivity index (χ2v) is 2.49. The molecule has 11 heavy (non-hydrogen) atoms. The molecule has 1 aliphatic rings. The van der Waals surface area contributed by atoms with Gasteiger partial charge in [0.1, 0.15) is 5.54 Å². The van der Waals surface area contributed by atoms with Gasteiger partial charge in [-0.05, 0) is 6.42 Å². The van der Waals surface area contributed by atoms with E-state index in [0.717, 1.165) is 0 Å². The summed E-state index contributed by atoms with van der Waals surface area (Å²) in [6.45, 7) is 3.41. The Kier molecular flexibility index (Phi) is 1.63. The van der Waals surface area contributed by atoms with Crippen LogP contribution in [0.3, 0.4) is 0 Å². The molecule has 0 aromatic heterocycles. The summed E-state index contributed by atoms with van der Waals surface area (Å²) in [5, 5.41) is 8.51. The van der Waals surface area contributed by atoms with Gasteiger partial charge in [-0.1, -0.05) is 6.08 Å². The summed E-state index contributed by atoms with van der Waals surface area (Å²) in [4.78, 5) is 23.6. The van der Waals surface area contributed by atoms with Crippen LogP contribution < -0.4 is 0 Å². The lowest BCUT2D eigenvalue weighted by atomic mass is 10.2. The van der Waals surface area contributed by atoms with Gasteiger partial charge in [0, 0.05) is 0 Å². The molecule has 0 saturated heterocycles. The van der Waals surface area contributed by atoms with Gasteiger partial charge < -0.3 is 5.11 Å². The van der Waals surface area contributed by atoms with Crippen molar-refractivity contribution in [3.63, 3.8) is 0 Å². The number of carboxylic acid groups (broad SMARTS) is 1. The van der Waals surface area contributed by atoms with Gasteiger partial charge in [0.25, 0.3) is 0 Å². The first-order valence-corrected chi connectivity index (χ1v) is 3.12. The van der Waals surface area contributed by atoms with Gasteiger partial charge in [0.05, 0.1) is 5.92 Å². The van der Waals surface area contributed by atoms with Gasteiger partial charge >= 0.3 is 5.97 Å². The lowest BCUT2D eigenvalue weighted by molar-refractivity contribution is -0.138. The highest BCUT2D eigenvalue weighted by Gasteiger charge is 2.57. The molecule has 1 saturated carbocycles. The minimum absolute atomic E-state index is 0.362. The Morgan fingerprint density at radius 1 is 1.91 bits per heavy atom. The number of carboxylic acids is 1. The third-order valence-electron chi connectivity index (χ3n) is 1.88. The Labute approximate surface area is 63.2 Å². The number of carbonyl (C=O) groups is 1. The molecule has 4 nitrogen and oxygen atoms in total. The second kappa shape index (κ2) is 2.32. The molecule has 58 valence electrons. The van der Waals surface area contributed by atoms with Crippen LogP contribution >= 0.6 is 0 Å². The molecule has 0 aromatic carbocycles. The Balaban J connectivity index is 2.79. The van der Waals surface area contributed by atoms with E-state index < -0.39 is 17.4 Å². The number of nitrogens with zero attached hydrogens (tertiary/aromatic N) is 1. The van der Waals surface area contributed by atoms with Crippen LogP contribution in [0, 0.1) is 5.92 Å². The fraction of sp³-hybridized carbons (Fsp3) is 0.429. The lowest BCUT2D eigenvalue weighted by Gasteiger charge is -1.97. The van der Waals surface area contributed by atoms with Gasteiger partial charge in [-0.3, -0.25) is 4.79 Å². The number of rotatable bonds is 3. The Morgan fingerprint density at radius 3 is 2.82 bits per heavy atom. The lowest BCUT2D eigenvalue weighted by Crippen LogP contribution is -2.10. The molecule has 1 N–H and O–H groups in total. The second-order valence-electron chi connectivity index (χ2n) is 2.49. The molecule has 0 aromatic rings. The summed E-state index contributed by atoms with van der Waals surface area (Å²) in [6.07, 6.45) is 3.09. The number of aliphatic carboxylic acids is 1. The number of carbonyl (C=O) groups excluding carboxylic acids is 1. The molecule has 1 fully saturated rings. The van der Waals surface area contributed by atoms with Gasteiger partial charge in [0.2, 0.25) is 6.08 Å². The van der Waals surface area contributed by atoms with E-state index in [4.69, 9.17) is 5.11 Å². The van der Waals surface area contributed by atoms with E-state index in [0.29, 0.717) is 6.42 Å². The molecule has 2 atom stereocenters. The molecular weight excluding hydrogens is 146 g/mol. The van der Waals surface area contributed by atoms with E-state index in [-0.39, 0.29) is 0 Å². The van der Waals surface area contributed by atoms with E-state index in [1.807, 2.05) is 0 Å². The quantitative estimate of drug-likeness (QED) is 0.361. The molecule has 0 spiro atoms. The molecule has 0 heterocycles. The zero-order chi connectivity index (χ0) is 8.48. The van der Waals surface area contributed by atoms with Crippen LogP contribution in [0.1, 0.15) is 6.42 Å². The smallest absolute Gasteiger partial charge is 0.309 e. The van der Waals surface area contributed by atoms with Crippen molar-refractivity contribution < 1.29 is 14.7 Å². The van der Waals surface area contributed by atoms with Crippen molar-refractivity contribution in [3.8, 4) is 0 Å². The summed E-state index contributed by atoms with van der Waals surface area (Å²) in [5.41, 5.74) is -0.854. The van der Waals surface area contributed by atoms with Crippen molar-refractivity contribution >= 4 is 12.0 Å². The molecular formula is C7H7NO3. The van der Waals surface area contributed by atoms with Crippen molar-refractivity contribution in [1.29, 1.82) is 0 Å². The number of hydrogen-bond acceptors (Lipinski definition) is 3. The van der Waals surface area contributed by atoms with E-state index in [1.165, 1.54) is 12.2 Å². The topological polar surface area (TPSA) is 66.7 Å². The molecule has 1 aliphatic carbocycles. The first-order chi connectivity index (χ1) is 5.16. The van der Waals surface area contributed by atoms with Crippen LogP contribution in [0.25, 0.3) is 0 Å². The summed E-state index contributed by atoms with van der Waals surface area (Å²) in [7, 11) is 0. The first-order valence-electron chi connectivity index (χ1n) is 3.12. The standard InChI is InChI=1S/C7H7NO3/c1-2-7(8-4-9)3-5(7)6(10)11/h2,5H,1,3H2,(H,10,11). The summed E-state index contributed by atoms with van der Waals surface area (Å²) in [5.74, 6) is -1.52. The molecule has 1 rings (SSSR count). The van der Waals surface area contributed by atoms with E-state index in [9.17, 15) is 9.59 Å². The number of hydrogen-bond donors (Lipinski definition) is 1. The molecule has 0 amide bonds. The molecule has 0 radical (unpaired) electrons. The van der Waals surface area contributed by atoms with Gasteiger partial charge in [0.15, 0.2) is 0 Å². The predicted octanol–water partition coefficient (Wildman–Crippen LogP) is 0.351. The van der Waals surface area contributed by atoms with Crippen molar-refractivity contribution in [1.82, 2.24) is 0 Å². The van der Waals surface area contributed by atoms with Gasteiger partial charge in [-0.25, -0.2) is 4.79 Å². The fourth-order valence-electron chi connectivity index (χ4n) is 1.05. The third-order valence-corrected chi connectivity index (χ3v) is 1.88. The Morgan fingerprint density at radius 2 is 2.55 bits per heavy atom. The van der Waals surface area contributed by atoms with Crippen LogP contribution in [0.4, 0.5) is 0 Å². The normalized spacial score (nSPS) is 33.6. The first kappa shape index (κ1) is 7.69. The van der Waals surface area contributed by atoms with Crippen molar-refractivity contribution in [3.05, 3.63) is 12.7 Å². The summed E-state index contributed by atoms with van der Waals surface area (Å²) >= 11 is 0. The van der Waals surface area contributed by atoms with Crippen LogP contribution in [0.5, 0.6) is 0 Å². The van der Waals surface area contributed by atoms with Gasteiger partial charge in [-0.2, -0.15) is 4.99 Å². The van der Waals surface area contributed by atoms with E-state index in [2.05, 4.69) is 11.6 Å². The highest BCUT2D eigenvalue weighted by atomic mass is 16.4. The van der Waals surface area contributed by atoms with Crippen molar-refractivity contribution in [2.75, 3.05) is 0 Å². The number of aliphatic imine (C=N–C) groups is 1. The average Bonchev–Trinajstić information content (AvgIpc) is 2.65. The van der Waals surface area contributed by atoms with Crippen LogP contribution in [0.15, 0.2) is 17.6 Å². The summed E-state index contributed by atoms with van der Waals surface area (Å²) in [6, 6.07) is 0. The monoisotopic (exact) mass is 153 g/mol. The average molecular weight is 153 g/mol. The van der Waals surface area contributed by atoms with Crippen molar-refractivity contribution in [2.24, 2.45) is 10.9 Å². The highest BCUT2D eigenvalue weighted by molar-refractivity contribution is 5.77. The Bertz CT molecular complexity index is 254. The maximum absolute atomic E-state index is 10.4. The highest BCUT2D eigenvalue weighted by Crippen LogP contribution is 2.47. The molecule has 4 heteroatoms. The maximum Gasteiger partial charge on any atom is 0.309 e. The van der Waals surface area contributed by atoms with E-state index in [1.54, 1.807) is 0 Å². The maximum atomic E-state index is 10.4.